The Morgan fingerprint density at radius 3 is 2.75 bits per heavy atom. The lowest BCUT2D eigenvalue weighted by Crippen LogP contribution is -2.29. The van der Waals surface area contributed by atoms with Gasteiger partial charge in [0.25, 0.3) is 5.89 Å². The third-order valence-electron chi connectivity index (χ3n) is 4.37. The van der Waals surface area contributed by atoms with E-state index >= 15 is 0 Å². The van der Waals surface area contributed by atoms with Gasteiger partial charge in [0, 0.05) is 12.5 Å². The Morgan fingerprint density at radius 2 is 2.04 bits per heavy atom. The standard InChI is InChI=1S/C16H19N3O4S/c1-24(20,21)19-9-8-12(10-19)22-14-5-3-2-4-13(14)16-17-15(18-23-16)11-6-7-11/h2-5,11-12H,6-10H2,1H3. The van der Waals surface area contributed by atoms with Crippen LogP contribution < -0.4 is 4.74 Å². The lowest BCUT2D eigenvalue weighted by Gasteiger charge is -2.16. The van der Waals surface area contributed by atoms with Crippen molar-refractivity contribution in [2.75, 3.05) is 19.3 Å². The molecule has 1 saturated carbocycles. The summed E-state index contributed by atoms with van der Waals surface area (Å²) >= 11 is 0. The molecule has 2 aromatic rings. The monoisotopic (exact) mass is 349 g/mol. The zero-order chi connectivity index (χ0) is 16.7. The first-order chi connectivity index (χ1) is 11.5. The molecule has 1 aromatic heterocycles. The van der Waals surface area contributed by atoms with Crippen LogP contribution in [0.4, 0.5) is 0 Å². The Bertz CT molecular complexity index is 845. The Hall–Kier alpha value is -1.93. The summed E-state index contributed by atoms with van der Waals surface area (Å²) in [7, 11) is -3.18. The molecule has 8 heteroatoms. The lowest BCUT2D eigenvalue weighted by atomic mass is 10.2. The van der Waals surface area contributed by atoms with E-state index < -0.39 is 10.0 Å². The second kappa shape index (κ2) is 5.86. The van der Waals surface area contributed by atoms with E-state index in [0.717, 1.165) is 24.2 Å². The van der Waals surface area contributed by atoms with Gasteiger partial charge < -0.3 is 9.26 Å². The molecule has 0 spiro atoms. The molecule has 1 atom stereocenters. The summed E-state index contributed by atoms with van der Waals surface area (Å²) in [4.78, 5) is 4.47. The van der Waals surface area contributed by atoms with E-state index in [1.807, 2.05) is 24.3 Å². The minimum absolute atomic E-state index is 0.174. The van der Waals surface area contributed by atoms with E-state index in [1.165, 1.54) is 10.6 Å². The van der Waals surface area contributed by atoms with Crippen molar-refractivity contribution in [3.63, 3.8) is 0 Å². The Balaban J connectivity index is 1.53. The van der Waals surface area contributed by atoms with Crippen molar-refractivity contribution in [2.45, 2.75) is 31.3 Å². The molecule has 128 valence electrons. The normalized spacial score (nSPS) is 22.0. The molecular weight excluding hydrogens is 330 g/mol. The van der Waals surface area contributed by atoms with Gasteiger partial charge in [-0.1, -0.05) is 17.3 Å². The molecule has 2 heterocycles. The predicted molar refractivity (Wildman–Crippen MR) is 87.2 cm³/mol. The van der Waals surface area contributed by atoms with Gasteiger partial charge in [-0.15, -0.1) is 0 Å². The molecule has 1 saturated heterocycles. The molecule has 7 nitrogen and oxygen atoms in total. The van der Waals surface area contributed by atoms with Crippen LogP contribution in [0.2, 0.25) is 0 Å². The Kier molecular flexibility index (Phi) is 3.80. The van der Waals surface area contributed by atoms with Gasteiger partial charge in [-0.25, -0.2) is 8.42 Å². The molecule has 4 rings (SSSR count). The largest absolute Gasteiger partial charge is 0.488 e. The zero-order valence-electron chi connectivity index (χ0n) is 13.4. The minimum Gasteiger partial charge on any atom is -0.488 e. The lowest BCUT2D eigenvalue weighted by molar-refractivity contribution is 0.216. The molecule has 0 radical (unpaired) electrons. The highest BCUT2D eigenvalue weighted by molar-refractivity contribution is 7.88. The van der Waals surface area contributed by atoms with Crippen molar-refractivity contribution >= 4 is 10.0 Å². The van der Waals surface area contributed by atoms with Crippen LogP contribution >= 0.6 is 0 Å². The molecule has 2 aliphatic rings. The third kappa shape index (κ3) is 3.16. The number of rotatable bonds is 5. The Morgan fingerprint density at radius 1 is 1.25 bits per heavy atom. The number of hydrogen-bond donors (Lipinski definition) is 0. The first-order valence-corrected chi connectivity index (χ1v) is 9.90. The molecule has 0 N–H and O–H groups in total. The van der Waals surface area contributed by atoms with E-state index in [2.05, 4.69) is 10.1 Å². The summed E-state index contributed by atoms with van der Waals surface area (Å²) in [5.74, 6) is 2.27. The molecule has 1 unspecified atom stereocenters. The number of sulfonamides is 1. The predicted octanol–water partition coefficient (Wildman–Crippen LogP) is 2.03. The molecule has 1 aromatic carbocycles. The number of aromatic nitrogens is 2. The van der Waals surface area contributed by atoms with Gasteiger partial charge in [0.2, 0.25) is 10.0 Å². The quantitative estimate of drug-likeness (QED) is 0.821. The number of ether oxygens (including phenoxy) is 1. The van der Waals surface area contributed by atoms with Gasteiger partial charge in [0.05, 0.1) is 18.4 Å². The van der Waals surface area contributed by atoms with Crippen molar-refractivity contribution in [1.29, 1.82) is 0 Å². The number of nitrogens with zero attached hydrogens (tertiary/aromatic N) is 3. The second-order valence-electron chi connectivity index (χ2n) is 6.38. The van der Waals surface area contributed by atoms with Crippen molar-refractivity contribution < 1.29 is 17.7 Å². The number of benzene rings is 1. The number of para-hydroxylation sites is 1. The van der Waals surface area contributed by atoms with Gasteiger partial charge >= 0.3 is 0 Å². The first kappa shape index (κ1) is 15.6. The average Bonchev–Trinajstić information content (AvgIpc) is 3.08. The summed E-state index contributed by atoms with van der Waals surface area (Å²) in [6.45, 7) is 0.850. The van der Waals surface area contributed by atoms with E-state index in [1.54, 1.807) is 0 Å². The van der Waals surface area contributed by atoms with E-state index in [-0.39, 0.29) is 6.10 Å². The smallest absolute Gasteiger partial charge is 0.261 e. The highest BCUT2D eigenvalue weighted by Gasteiger charge is 2.31. The fraction of sp³-hybridized carbons (Fsp3) is 0.500. The fourth-order valence-corrected chi connectivity index (χ4v) is 3.75. The van der Waals surface area contributed by atoms with Gasteiger partial charge in [-0.3, -0.25) is 0 Å². The molecule has 1 aliphatic heterocycles. The average molecular weight is 349 g/mol. The SMILES string of the molecule is CS(=O)(=O)N1CCC(Oc2ccccc2-c2nc(C3CC3)no2)C1. The van der Waals surface area contributed by atoms with E-state index in [9.17, 15) is 8.42 Å². The van der Waals surface area contributed by atoms with Crippen LogP contribution in [0.3, 0.4) is 0 Å². The summed E-state index contributed by atoms with van der Waals surface area (Å²) < 4.78 is 36.1. The van der Waals surface area contributed by atoms with Crippen LogP contribution in [0.25, 0.3) is 11.5 Å². The van der Waals surface area contributed by atoms with Crippen LogP contribution in [-0.2, 0) is 10.0 Å². The number of hydrogen-bond acceptors (Lipinski definition) is 6. The van der Waals surface area contributed by atoms with Crippen LogP contribution in [0, 0.1) is 0 Å². The van der Waals surface area contributed by atoms with Crippen LogP contribution in [-0.4, -0.2) is 48.3 Å². The van der Waals surface area contributed by atoms with Gasteiger partial charge in [-0.05, 0) is 31.4 Å². The topological polar surface area (TPSA) is 85.5 Å². The van der Waals surface area contributed by atoms with E-state index in [4.69, 9.17) is 9.26 Å². The first-order valence-electron chi connectivity index (χ1n) is 8.05. The second-order valence-corrected chi connectivity index (χ2v) is 8.36. The molecule has 0 bridgehead atoms. The van der Waals surface area contributed by atoms with E-state index in [0.29, 0.717) is 37.1 Å². The van der Waals surface area contributed by atoms with Gasteiger partial charge in [0.15, 0.2) is 5.82 Å². The third-order valence-corrected chi connectivity index (χ3v) is 5.64. The van der Waals surface area contributed by atoms with Crippen molar-refractivity contribution in [3.8, 4) is 17.2 Å². The highest BCUT2D eigenvalue weighted by Crippen LogP contribution is 2.39. The zero-order valence-corrected chi connectivity index (χ0v) is 14.2. The molecule has 2 fully saturated rings. The Labute approximate surface area is 140 Å². The molecule has 0 amide bonds. The molecular formula is C16H19N3O4S. The molecule has 1 aliphatic carbocycles. The minimum atomic E-state index is -3.18. The van der Waals surface area contributed by atoms with Crippen LogP contribution in [0.1, 0.15) is 31.0 Å². The summed E-state index contributed by atoms with van der Waals surface area (Å²) in [6.07, 6.45) is 3.94. The van der Waals surface area contributed by atoms with Gasteiger partial charge in [-0.2, -0.15) is 9.29 Å². The summed E-state index contributed by atoms with van der Waals surface area (Å²) in [5, 5.41) is 4.04. The fourth-order valence-electron chi connectivity index (χ4n) is 2.87. The van der Waals surface area contributed by atoms with Crippen molar-refractivity contribution in [1.82, 2.24) is 14.4 Å². The summed E-state index contributed by atoms with van der Waals surface area (Å²) in [5.41, 5.74) is 0.745. The highest BCUT2D eigenvalue weighted by atomic mass is 32.2. The maximum absolute atomic E-state index is 11.6. The molecule has 24 heavy (non-hydrogen) atoms. The van der Waals surface area contributed by atoms with Crippen LogP contribution in [0.5, 0.6) is 5.75 Å². The maximum atomic E-state index is 11.6. The van der Waals surface area contributed by atoms with Crippen LogP contribution in [0.15, 0.2) is 28.8 Å². The summed E-state index contributed by atoms with van der Waals surface area (Å²) in [6, 6.07) is 7.49. The van der Waals surface area contributed by atoms with Crippen molar-refractivity contribution in [2.24, 2.45) is 0 Å². The maximum Gasteiger partial charge on any atom is 0.261 e. The van der Waals surface area contributed by atoms with Gasteiger partial charge in [0.1, 0.15) is 11.9 Å². The van der Waals surface area contributed by atoms with Crippen molar-refractivity contribution in [3.05, 3.63) is 30.1 Å².